The van der Waals surface area contributed by atoms with Crippen molar-refractivity contribution in [3.05, 3.63) is 29.8 Å². The molecule has 0 radical (unpaired) electrons. The second kappa shape index (κ2) is 6.74. The van der Waals surface area contributed by atoms with Crippen LogP contribution in [0.3, 0.4) is 0 Å². The molecular formula is C12H19BrN2O4S2. The molecule has 1 rings (SSSR count). The van der Waals surface area contributed by atoms with Gasteiger partial charge in [-0.15, -0.1) is 0 Å². The third kappa shape index (κ3) is 6.43. The van der Waals surface area contributed by atoms with Crippen LogP contribution in [0.4, 0.5) is 0 Å². The largest absolute Gasteiger partial charge is 0.240 e. The summed E-state index contributed by atoms with van der Waals surface area (Å²) in [6.45, 7) is 3.15. The quantitative estimate of drug-likeness (QED) is 0.674. The van der Waals surface area contributed by atoms with Gasteiger partial charge in [0.1, 0.15) is 0 Å². The normalized spacial score (nSPS) is 13.3. The summed E-state index contributed by atoms with van der Waals surface area (Å²) in [5, 5.41) is 0.645. The lowest BCUT2D eigenvalue weighted by molar-refractivity contribution is 0.446. The van der Waals surface area contributed by atoms with Gasteiger partial charge in [0.15, 0.2) is 0 Å². The third-order valence-corrected chi connectivity index (χ3v) is 5.54. The van der Waals surface area contributed by atoms with Crippen LogP contribution in [0.15, 0.2) is 29.2 Å². The van der Waals surface area contributed by atoms with E-state index in [0.29, 0.717) is 5.33 Å². The molecule has 0 aliphatic rings. The first-order valence-corrected chi connectivity index (χ1v) is 10.6. The molecule has 1 aromatic carbocycles. The maximum absolute atomic E-state index is 12.1. The van der Waals surface area contributed by atoms with Gasteiger partial charge in [0, 0.05) is 17.4 Å². The molecule has 0 saturated carbocycles. The SMILES string of the molecule is CC(C)(CNS(=O)(=O)c1ccc(CBr)cc1)NS(C)(=O)=O. The maximum atomic E-state index is 12.1. The summed E-state index contributed by atoms with van der Waals surface area (Å²) in [7, 11) is -7.09. The average molecular weight is 399 g/mol. The molecule has 0 heterocycles. The summed E-state index contributed by atoms with van der Waals surface area (Å²) >= 11 is 3.29. The van der Waals surface area contributed by atoms with Crippen LogP contribution in [-0.4, -0.2) is 35.2 Å². The Morgan fingerprint density at radius 1 is 1.10 bits per heavy atom. The molecule has 0 amide bonds. The molecule has 0 aliphatic heterocycles. The van der Waals surface area contributed by atoms with E-state index in [2.05, 4.69) is 25.4 Å². The van der Waals surface area contributed by atoms with Crippen LogP contribution >= 0.6 is 15.9 Å². The molecule has 0 fully saturated rings. The number of halogens is 1. The Bertz CT molecular complexity index is 682. The van der Waals surface area contributed by atoms with Crippen molar-refractivity contribution >= 4 is 36.0 Å². The number of alkyl halides is 1. The number of rotatable bonds is 7. The zero-order valence-electron chi connectivity index (χ0n) is 12.1. The van der Waals surface area contributed by atoms with E-state index in [0.717, 1.165) is 11.8 Å². The van der Waals surface area contributed by atoms with E-state index in [1.54, 1.807) is 26.0 Å². The molecule has 120 valence electrons. The first-order chi connectivity index (χ1) is 9.45. The van der Waals surface area contributed by atoms with Crippen molar-refractivity contribution in [3.63, 3.8) is 0 Å². The maximum Gasteiger partial charge on any atom is 0.240 e. The predicted molar refractivity (Wildman–Crippen MR) is 86.3 cm³/mol. The molecule has 0 aliphatic carbocycles. The molecule has 21 heavy (non-hydrogen) atoms. The zero-order valence-corrected chi connectivity index (χ0v) is 15.3. The van der Waals surface area contributed by atoms with Gasteiger partial charge in [0.2, 0.25) is 20.0 Å². The number of sulfonamides is 2. The summed E-state index contributed by atoms with van der Waals surface area (Å²) in [5.41, 5.74) is 0.0456. The van der Waals surface area contributed by atoms with E-state index in [1.807, 2.05) is 0 Å². The highest BCUT2D eigenvalue weighted by molar-refractivity contribution is 9.08. The molecule has 0 spiro atoms. The molecule has 1 aromatic rings. The van der Waals surface area contributed by atoms with Gasteiger partial charge >= 0.3 is 0 Å². The van der Waals surface area contributed by atoms with Crippen molar-refractivity contribution in [3.8, 4) is 0 Å². The fourth-order valence-electron chi connectivity index (χ4n) is 1.65. The van der Waals surface area contributed by atoms with Gasteiger partial charge in [-0.1, -0.05) is 28.1 Å². The minimum Gasteiger partial charge on any atom is -0.213 e. The monoisotopic (exact) mass is 398 g/mol. The third-order valence-electron chi connectivity index (χ3n) is 2.55. The fourth-order valence-corrected chi connectivity index (χ4v) is 4.32. The average Bonchev–Trinajstić information content (AvgIpc) is 2.34. The highest BCUT2D eigenvalue weighted by atomic mass is 79.9. The molecule has 0 atom stereocenters. The fraction of sp³-hybridized carbons (Fsp3) is 0.500. The van der Waals surface area contributed by atoms with E-state index in [1.165, 1.54) is 12.1 Å². The lowest BCUT2D eigenvalue weighted by atomic mass is 10.1. The number of benzene rings is 1. The Kier molecular flexibility index (Phi) is 5.96. The second-order valence-corrected chi connectivity index (χ2v) is 9.44. The van der Waals surface area contributed by atoms with E-state index < -0.39 is 25.6 Å². The minimum absolute atomic E-state index is 0.0530. The number of nitrogens with one attached hydrogen (secondary N) is 2. The van der Waals surface area contributed by atoms with Gasteiger partial charge in [-0.3, -0.25) is 0 Å². The van der Waals surface area contributed by atoms with E-state index in [-0.39, 0.29) is 11.4 Å². The van der Waals surface area contributed by atoms with Crippen molar-refractivity contribution in [2.75, 3.05) is 12.8 Å². The van der Waals surface area contributed by atoms with Gasteiger partial charge in [0.25, 0.3) is 0 Å². The molecule has 0 aromatic heterocycles. The first-order valence-electron chi connectivity index (χ1n) is 6.09. The van der Waals surface area contributed by atoms with Crippen molar-refractivity contribution in [2.24, 2.45) is 0 Å². The summed E-state index contributed by atoms with van der Waals surface area (Å²) in [6.07, 6.45) is 1.03. The summed E-state index contributed by atoms with van der Waals surface area (Å²) < 4.78 is 51.5. The molecular weight excluding hydrogens is 380 g/mol. The topological polar surface area (TPSA) is 92.3 Å². The smallest absolute Gasteiger partial charge is 0.213 e. The molecule has 0 saturated heterocycles. The van der Waals surface area contributed by atoms with Crippen LogP contribution in [0.5, 0.6) is 0 Å². The molecule has 6 nitrogen and oxygen atoms in total. The Balaban J connectivity index is 2.81. The predicted octanol–water partition coefficient (Wildman–Crippen LogP) is 1.19. The highest BCUT2D eigenvalue weighted by Gasteiger charge is 2.25. The van der Waals surface area contributed by atoms with Crippen LogP contribution < -0.4 is 9.44 Å². The second-order valence-electron chi connectivity index (χ2n) is 5.36. The van der Waals surface area contributed by atoms with Gasteiger partial charge in [-0.25, -0.2) is 26.3 Å². The van der Waals surface area contributed by atoms with Crippen molar-refractivity contribution in [1.82, 2.24) is 9.44 Å². The van der Waals surface area contributed by atoms with Crippen molar-refractivity contribution < 1.29 is 16.8 Å². The Morgan fingerprint density at radius 3 is 2.05 bits per heavy atom. The molecule has 9 heteroatoms. The zero-order chi connectivity index (χ0) is 16.3. The van der Waals surface area contributed by atoms with Crippen LogP contribution in [-0.2, 0) is 25.4 Å². The van der Waals surface area contributed by atoms with Gasteiger partial charge in [0.05, 0.1) is 11.2 Å². The van der Waals surface area contributed by atoms with Gasteiger partial charge < -0.3 is 0 Å². The number of hydrogen-bond donors (Lipinski definition) is 2. The lowest BCUT2D eigenvalue weighted by Crippen LogP contribution is -2.50. The van der Waals surface area contributed by atoms with Crippen LogP contribution in [0.25, 0.3) is 0 Å². The van der Waals surface area contributed by atoms with Crippen molar-refractivity contribution in [1.29, 1.82) is 0 Å². The van der Waals surface area contributed by atoms with E-state index >= 15 is 0 Å². The van der Waals surface area contributed by atoms with Gasteiger partial charge in [-0.2, -0.15) is 0 Å². The molecule has 0 unspecified atom stereocenters. The molecule has 2 N–H and O–H groups in total. The van der Waals surface area contributed by atoms with Crippen LogP contribution in [0.1, 0.15) is 19.4 Å². The van der Waals surface area contributed by atoms with Crippen LogP contribution in [0.2, 0.25) is 0 Å². The Morgan fingerprint density at radius 2 is 1.62 bits per heavy atom. The minimum atomic E-state index is -3.67. The standard InChI is InChI=1S/C12H19BrN2O4S2/c1-12(2,15-20(3,16)17)9-14-21(18,19)11-6-4-10(8-13)5-7-11/h4-7,14-15H,8-9H2,1-3H3. The van der Waals surface area contributed by atoms with Crippen molar-refractivity contribution in [2.45, 2.75) is 29.6 Å². The van der Waals surface area contributed by atoms with E-state index in [9.17, 15) is 16.8 Å². The van der Waals surface area contributed by atoms with E-state index in [4.69, 9.17) is 0 Å². The highest BCUT2D eigenvalue weighted by Crippen LogP contribution is 2.13. The summed E-state index contributed by atoms with van der Waals surface area (Å²) in [5.74, 6) is 0. The lowest BCUT2D eigenvalue weighted by Gasteiger charge is -2.25. The van der Waals surface area contributed by atoms with Gasteiger partial charge in [-0.05, 0) is 31.5 Å². The summed E-state index contributed by atoms with van der Waals surface area (Å²) in [4.78, 5) is 0.141. The van der Waals surface area contributed by atoms with Crippen LogP contribution in [0, 0.1) is 0 Å². The first kappa shape index (κ1) is 18.6. The Labute approximate surface area is 134 Å². The Hall–Kier alpha value is -0.480. The summed E-state index contributed by atoms with van der Waals surface area (Å²) in [6, 6.07) is 6.44. The number of hydrogen-bond acceptors (Lipinski definition) is 4. The molecule has 0 bridgehead atoms.